The minimum absolute atomic E-state index is 0.135. The number of halogens is 1. The number of nitrogens with one attached hydrogen (secondary N) is 1. The van der Waals surface area contributed by atoms with Gasteiger partial charge in [0.2, 0.25) is 10.0 Å². The maximum Gasteiger partial charge on any atom is 0.307 e. The first-order chi connectivity index (χ1) is 11.4. The Morgan fingerprint density at radius 3 is 2.50 bits per heavy atom. The van der Waals surface area contributed by atoms with Crippen LogP contribution in [-0.2, 0) is 19.6 Å². The molecule has 2 rings (SSSR count). The average Bonchev–Trinajstić information content (AvgIpc) is 3.08. The van der Waals surface area contributed by atoms with Crippen LogP contribution in [-0.4, -0.2) is 33.3 Å². The normalized spacial score (nSPS) is 11.2. The van der Waals surface area contributed by atoms with Gasteiger partial charge in [-0.25, -0.2) is 17.5 Å². The Kier molecular flexibility index (Phi) is 6.18. The van der Waals surface area contributed by atoms with E-state index in [9.17, 15) is 22.4 Å². The largest absolute Gasteiger partial charge is 0.457 e. The second-order valence-corrected chi connectivity index (χ2v) is 7.61. The summed E-state index contributed by atoms with van der Waals surface area (Å²) in [7, 11) is -3.63. The minimum atomic E-state index is -3.63. The number of hydrogen-bond acceptors (Lipinski definition) is 6. The highest BCUT2D eigenvalue weighted by Gasteiger charge is 2.16. The van der Waals surface area contributed by atoms with Gasteiger partial charge in [0.05, 0.1) is 6.42 Å². The highest BCUT2D eigenvalue weighted by Crippen LogP contribution is 2.15. The number of carbonyl (C=O) groups excluding carboxylic acids is 2. The zero-order chi connectivity index (χ0) is 17.6. The van der Waals surface area contributed by atoms with Crippen LogP contribution in [0.3, 0.4) is 0 Å². The minimum Gasteiger partial charge on any atom is -0.457 e. The fourth-order valence-corrected chi connectivity index (χ4v) is 3.78. The second kappa shape index (κ2) is 8.13. The molecule has 0 fully saturated rings. The van der Waals surface area contributed by atoms with E-state index in [0.29, 0.717) is 0 Å². The molecule has 1 heterocycles. The molecule has 0 saturated carbocycles. The second-order valence-electron chi connectivity index (χ2n) is 4.67. The summed E-state index contributed by atoms with van der Waals surface area (Å²) >= 11 is 1.06. The van der Waals surface area contributed by atoms with E-state index >= 15 is 0 Å². The number of ketones is 1. The molecule has 9 heteroatoms. The SMILES string of the molecule is O=C(CCNS(=O)(=O)c1cccs1)OCC(=O)c1ccc(F)cc1. The molecular formula is C15H14FNO5S2. The maximum atomic E-state index is 12.7. The summed E-state index contributed by atoms with van der Waals surface area (Å²) in [6.45, 7) is -0.619. The van der Waals surface area contributed by atoms with Crippen LogP contribution in [0.2, 0.25) is 0 Å². The Hall–Kier alpha value is -2.10. The number of carbonyl (C=O) groups is 2. The molecule has 128 valence electrons. The molecule has 0 amide bonds. The molecule has 1 N–H and O–H groups in total. The van der Waals surface area contributed by atoms with Crippen LogP contribution in [0, 0.1) is 5.82 Å². The third-order valence-electron chi connectivity index (χ3n) is 2.91. The number of esters is 1. The highest BCUT2D eigenvalue weighted by atomic mass is 32.2. The lowest BCUT2D eigenvalue weighted by atomic mass is 10.1. The number of Topliss-reactive ketones (excluding diaryl/α,β-unsaturated/α-hetero) is 1. The number of sulfonamides is 1. The summed E-state index contributed by atoms with van der Waals surface area (Å²) in [6.07, 6.45) is -0.207. The zero-order valence-electron chi connectivity index (χ0n) is 12.4. The molecule has 0 saturated heterocycles. The van der Waals surface area contributed by atoms with Crippen molar-refractivity contribution in [2.45, 2.75) is 10.6 Å². The molecule has 0 aliphatic heterocycles. The van der Waals surface area contributed by atoms with Gasteiger partial charge in [-0.3, -0.25) is 9.59 Å². The van der Waals surface area contributed by atoms with Crippen LogP contribution in [0.4, 0.5) is 4.39 Å². The van der Waals surface area contributed by atoms with Gasteiger partial charge in [0, 0.05) is 12.1 Å². The van der Waals surface area contributed by atoms with Crippen LogP contribution < -0.4 is 4.72 Å². The molecule has 0 spiro atoms. The summed E-state index contributed by atoms with van der Waals surface area (Å²) in [5.41, 5.74) is 0.225. The van der Waals surface area contributed by atoms with Gasteiger partial charge in [-0.15, -0.1) is 11.3 Å². The number of hydrogen-bond donors (Lipinski definition) is 1. The monoisotopic (exact) mass is 371 g/mol. The standard InChI is InChI=1S/C15H14FNO5S2/c16-12-5-3-11(4-6-12)13(18)10-22-14(19)7-8-17-24(20,21)15-2-1-9-23-15/h1-6,9,17H,7-8,10H2. The van der Waals surface area contributed by atoms with Gasteiger partial charge in [0.25, 0.3) is 0 Å². The van der Waals surface area contributed by atoms with Crippen molar-refractivity contribution < 1.29 is 27.1 Å². The lowest BCUT2D eigenvalue weighted by Crippen LogP contribution is -2.26. The molecule has 0 aliphatic carbocycles. The third kappa shape index (κ3) is 5.22. The number of thiophene rings is 1. The van der Waals surface area contributed by atoms with E-state index in [2.05, 4.69) is 4.72 Å². The van der Waals surface area contributed by atoms with Gasteiger partial charge in [-0.2, -0.15) is 0 Å². The summed E-state index contributed by atoms with van der Waals surface area (Å²) in [5, 5.41) is 1.63. The quantitative estimate of drug-likeness (QED) is 0.566. The molecule has 0 unspecified atom stereocenters. The Balaban J connectivity index is 1.74. The Morgan fingerprint density at radius 1 is 1.17 bits per heavy atom. The molecule has 0 atom stereocenters. The van der Waals surface area contributed by atoms with Crippen LogP contribution in [0.5, 0.6) is 0 Å². The summed E-state index contributed by atoms with van der Waals surface area (Å²) in [4.78, 5) is 23.3. The van der Waals surface area contributed by atoms with Crippen LogP contribution in [0.15, 0.2) is 46.0 Å². The average molecular weight is 371 g/mol. The first kappa shape index (κ1) is 18.2. The van der Waals surface area contributed by atoms with Crippen molar-refractivity contribution in [3.63, 3.8) is 0 Å². The predicted molar refractivity (Wildman–Crippen MR) is 85.8 cm³/mol. The molecule has 0 bridgehead atoms. The smallest absolute Gasteiger partial charge is 0.307 e. The van der Waals surface area contributed by atoms with Crippen molar-refractivity contribution in [3.8, 4) is 0 Å². The summed E-state index contributed by atoms with van der Waals surface area (Å²) in [5.74, 6) is -1.65. The van der Waals surface area contributed by atoms with E-state index in [1.807, 2.05) is 0 Å². The highest BCUT2D eigenvalue weighted by molar-refractivity contribution is 7.91. The fraction of sp³-hybridized carbons (Fsp3) is 0.200. The van der Waals surface area contributed by atoms with E-state index in [0.717, 1.165) is 23.5 Å². The van der Waals surface area contributed by atoms with Crippen molar-refractivity contribution in [3.05, 3.63) is 53.2 Å². The molecule has 0 aliphatic rings. The van der Waals surface area contributed by atoms with Crippen molar-refractivity contribution in [2.75, 3.05) is 13.2 Å². The third-order valence-corrected chi connectivity index (χ3v) is 5.77. The van der Waals surface area contributed by atoms with Gasteiger partial charge >= 0.3 is 5.97 Å². The van der Waals surface area contributed by atoms with Crippen molar-refractivity contribution >= 4 is 33.1 Å². The maximum absolute atomic E-state index is 12.7. The molecule has 1 aromatic heterocycles. The van der Waals surface area contributed by atoms with Crippen LogP contribution in [0.1, 0.15) is 16.8 Å². The molecule has 1 aromatic carbocycles. The van der Waals surface area contributed by atoms with Crippen molar-refractivity contribution in [1.29, 1.82) is 0 Å². The molecule has 6 nitrogen and oxygen atoms in total. The lowest BCUT2D eigenvalue weighted by molar-refractivity contribution is -0.142. The van der Waals surface area contributed by atoms with E-state index in [4.69, 9.17) is 4.74 Å². The molecule has 2 aromatic rings. The first-order valence-electron chi connectivity index (χ1n) is 6.86. The zero-order valence-corrected chi connectivity index (χ0v) is 14.0. The van der Waals surface area contributed by atoms with Gasteiger partial charge in [-0.05, 0) is 35.7 Å². The van der Waals surface area contributed by atoms with Crippen LogP contribution in [0.25, 0.3) is 0 Å². The Labute approximate surface area is 142 Å². The van der Waals surface area contributed by atoms with Gasteiger partial charge < -0.3 is 4.74 Å². The number of rotatable bonds is 8. The number of benzene rings is 1. The predicted octanol–water partition coefficient (Wildman–Crippen LogP) is 1.98. The molecular weight excluding hydrogens is 357 g/mol. The molecule has 0 radical (unpaired) electrons. The van der Waals surface area contributed by atoms with Gasteiger partial charge in [0.1, 0.15) is 10.0 Å². The van der Waals surface area contributed by atoms with E-state index in [1.165, 1.54) is 18.2 Å². The topological polar surface area (TPSA) is 89.5 Å². The first-order valence-corrected chi connectivity index (χ1v) is 9.22. The molecule has 24 heavy (non-hydrogen) atoms. The summed E-state index contributed by atoms with van der Waals surface area (Å²) in [6, 6.07) is 7.91. The van der Waals surface area contributed by atoms with E-state index in [1.54, 1.807) is 11.4 Å². The van der Waals surface area contributed by atoms with E-state index < -0.39 is 34.2 Å². The number of ether oxygens (including phenoxy) is 1. The Morgan fingerprint density at radius 2 is 1.88 bits per heavy atom. The van der Waals surface area contributed by atoms with Crippen LogP contribution >= 0.6 is 11.3 Å². The Bertz CT molecular complexity index is 801. The van der Waals surface area contributed by atoms with Crippen molar-refractivity contribution in [1.82, 2.24) is 4.72 Å². The summed E-state index contributed by atoms with van der Waals surface area (Å²) < 4.78 is 43.6. The van der Waals surface area contributed by atoms with E-state index in [-0.39, 0.29) is 22.7 Å². The van der Waals surface area contributed by atoms with Crippen molar-refractivity contribution in [2.24, 2.45) is 0 Å². The van der Waals surface area contributed by atoms with Gasteiger partial charge in [-0.1, -0.05) is 6.07 Å². The van der Waals surface area contributed by atoms with Gasteiger partial charge in [0.15, 0.2) is 12.4 Å². The fourth-order valence-electron chi connectivity index (χ4n) is 1.71. The lowest BCUT2D eigenvalue weighted by Gasteiger charge is -2.06.